The fraction of sp³-hybridized carbons (Fsp3) is 0.333. The number of hydrogen-bond acceptors (Lipinski definition) is 3. The maximum Gasteiger partial charge on any atom is 0.215 e. The first kappa shape index (κ1) is 6.55. The highest BCUT2D eigenvalue weighted by Crippen LogP contribution is 2.20. The summed E-state index contributed by atoms with van der Waals surface area (Å²) in [5.41, 5.74) is 0. The highest BCUT2D eigenvalue weighted by Gasteiger charge is 2.30. The summed E-state index contributed by atoms with van der Waals surface area (Å²) < 4.78 is 0. The predicted molar refractivity (Wildman–Crippen MR) is 36.5 cm³/mol. The standard InChI is InChI=1S/C6H6O2S/c1-2-5-6(8)4(7)3-9-5/h2,5H,1,3H2. The van der Waals surface area contributed by atoms with Crippen molar-refractivity contribution in [1.29, 1.82) is 0 Å². The van der Waals surface area contributed by atoms with Crippen LogP contribution >= 0.6 is 11.8 Å². The molecule has 0 aliphatic carbocycles. The number of carbonyl (C=O) groups excluding carboxylic acids is 2. The van der Waals surface area contributed by atoms with Crippen LogP contribution in [0.25, 0.3) is 0 Å². The first-order chi connectivity index (χ1) is 4.25. The molecule has 1 rings (SSSR count). The smallest absolute Gasteiger partial charge is 0.215 e. The Morgan fingerprint density at radius 2 is 2.33 bits per heavy atom. The first-order valence-corrected chi connectivity index (χ1v) is 3.62. The van der Waals surface area contributed by atoms with Crippen LogP contribution < -0.4 is 0 Å². The van der Waals surface area contributed by atoms with E-state index in [4.69, 9.17) is 0 Å². The largest absolute Gasteiger partial charge is 0.290 e. The monoisotopic (exact) mass is 142 g/mol. The van der Waals surface area contributed by atoms with Gasteiger partial charge in [0.25, 0.3) is 0 Å². The summed E-state index contributed by atoms with van der Waals surface area (Å²) in [4.78, 5) is 21.2. The van der Waals surface area contributed by atoms with Crippen LogP contribution in [0, 0.1) is 0 Å². The number of rotatable bonds is 1. The summed E-state index contributed by atoms with van der Waals surface area (Å²) in [5, 5.41) is -0.266. The molecule has 9 heavy (non-hydrogen) atoms. The summed E-state index contributed by atoms with van der Waals surface area (Å²) >= 11 is 1.34. The minimum atomic E-state index is -0.296. The third kappa shape index (κ3) is 1.05. The van der Waals surface area contributed by atoms with Crippen molar-refractivity contribution in [2.75, 3.05) is 5.75 Å². The van der Waals surface area contributed by atoms with Gasteiger partial charge in [-0.05, 0) is 0 Å². The van der Waals surface area contributed by atoms with E-state index in [1.807, 2.05) is 0 Å². The Kier molecular flexibility index (Phi) is 1.71. The second-order valence-electron chi connectivity index (χ2n) is 1.75. The molecule has 1 saturated heterocycles. The van der Waals surface area contributed by atoms with E-state index in [-0.39, 0.29) is 16.8 Å². The van der Waals surface area contributed by atoms with Gasteiger partial charge in [0, 0.05) is 0 Å². The SMILES string of the molecule is C=CC1SCC(=O)C1=O. The molecule has 1 aliphatic heterocycles. The Hall–Kier alpha value is -0.570. The topological polar surface area (TPSA) is 34.1 Å². The Labute approximate surface area is 57.3 Å². The normalized spacial score (nSPS) is 26.9. The van der Waals surface area contributed by atoms with Crippen LogP contribution in [0.4, 0.5) is 0 Å². The molecule has 0 aromatic carbocycles. The van der Waals surface area contributed by atoms with E-state index in [1.165, 1.54) is 17.8 Å². The van der Waals surface area contributed by atoms with Crippen LogP contribution in [0.2, 0.25) is 0 Å². The third-order valence-corrected chi connectivity index (χ3v) is 2.34. The lowest BCUT2D eigenvalue weighted by molar-refractivity contribution is -0.133. The molecule has 0 N–H and O–H groups in total. The van der Waals surface area contributed by atoms with Crippen LogP contribution in [0.5, 0.6) is 0 Å². The van der Waals surface area contributed by atoms with Crippen molar-refractivity contribution in [3.8, 4) is 0 Å². The molecular formula is C6H6O2S. The number of Topliss-reactive ketones (excluding diaryl/α,β-unsaturated/α-hetero) is 2. The molecule has 1 aliphatic rings. The molecule has 1 unspecified atom stereocenters. The zero-order valence-corrected chi connectivity index (χ0v) is 5.61. The van der Waals surface area contributed by atoms with E-state index in [1.54, 1.807) is 0 Å². The average Bonchev–Trinajstić information content (AvgIpc) is 2.15. The van der Waals surface area contributed by atoms with Gasteiger partial charge < -0.3 is 0 Å². The van der Waals surface area contributed by atoms with E-state index in [0.717, 1.165) is 0 Å². The van der Waals surface area contributed by atoms with Crippen LogP contribution in [-0.2, 0) is 9.59 Å². The molecule has 3 heteroatoms. The first-order valence-electron chi connectivity index (χ1n) is 2.57. The molecular weight excluding hydrogens is 136 g/mol. The summed E-state index contributed by atoms with van der Waals surface area (Å²) in [6, 6.07) is 0. The quantitative estimate of drug-likeness (QED) is 0.393. The lowest BCUT2D eigenvalue weighted by atomic mass is 10.2. The minimum absolute atomic E-state index is 0.266. The van der Waals surface area contributed by atoms with Crippen LogP contribution in [0.3, 0.4) is 0 Å². The van der Waals surface area contributed by atoms with E-state index < -0.39 is 0 Å². The highest BCUT2D eigenvalue weighted by atomic mass is 32.2. The highest BCUT2D eigenvalue weighted by molar-refractivity contribution is 8.02. The van der Waals surface area contributed by atoms with Gasteiger partial charge in [0.2, 0.25) is 11.6 Å². The minimum Gasteiger partial charge on any atom is -0.290 e. The fourth-order valence-electron chi connectivity index (χ4n) is 0.646. The van der Waals surface area contributed by atoms with Crippen molar-refractivity contribution >= 4 is 23.3 Å². The Balaban J connectivity index is 2.73. The van der Waals surface area contributed by atoms with Crippen molar-refractivity contribution in [2.24, 2.45) is 0 Å². The summed E-state index contributed by atoms with van der Waals surface area (Å²) in [6.45, 7) is 3.43. The molecule has 0 spiro atoms. The molecule has 1 heterocycles. The zero-order valence-electron chi connectivity index (χ0n) is 4.79. The molecule has 1 atom stereocenters. The van der Waals surface area contributed by atoms with E-state index in [0.29, 0.717) is 5.75 Å². The van der Waals surface area contributed by atoms with Crippen LogP contribution in [-0.4, -0.2) is 22.6 Å². The van der Waals surface area contributed by atoms with Crippen molar-refractivity contribution in [1.82, 2.24) is 0 Å². The molecule has 0 aromatic rings. The lowest BCUT2D eigenvalue weighted by Crippen LogP contribution is -2.15. The van der Waals surface area contributed by atoms with Crippen LogP contribution in [0.1, 0.15) is 0 Å². The summed E-state index contributed by atoms with van der Waals surface area (Å²) in [7, 11) is 0. The Morgan fingerprint density at radius 1 is 1.67 bits per heavy atom. The zero-order chi connectivity index (χ0) is 6.85. The molecule has 0 bridgehead atoms. The number of thioether (sulfide) groups is 1. The maximum atomic E-state index is 10.7. The van der Waals surface area contributed by atoms with Crippen molar-refractivity contribution in [3.63, 3.8) is 0 Å². The van der Waals surface area contributed by atoms with E-state index in [2.05, 4.69) is 6.58 Å². The molecule has 0 aromatic heterocycles. The third-order valence-electron chi connectivity index (χ3n) is 1.14. The molecule has 48 valence electrons. The van der Waals surface area contributed by atoms with Gasteiger partial charge in [-0.3, -0.25) is 9.59 Å². The van der Waals surface area contributed by atoms with E-state index >= 15 is 0 Å². The second-order valence-corrected chi connectivity index (χ2v) is 2.88. The number of hydrogen-bond donors (Lipinski definition) is 0. The fourth-order valence-corrected chi connectivity index (χ4v) is 1.54. The van der Waals surface area contributed by atoms with Gasteiger partial charge >= 0.3 is 0 Å². The van der Waals surface area contributed by atoms with Crippen molar-refractivity contribution in [2.45, 2.75) is 5.25 Å². The predicted octanol–water partition coefficient (Wildman–Crippen LogP) is 0.426. The molecule has 1 fully saturated rings. The van der Waals surface area contributed by atoms with Gasteiger partial charge in [0.15, 0.2) is 0 Å². The molecule has 2 nitrogen and oxygen atoms in total. The number of carbonyl (C=O) groups is 2. The maximum absolute atomic E-state index is 10.7. The average molecular weight is 142 g/mol. The van der Waals surface area contributed by atoms with Gasteiger partial charge in [0.1, 0.15) is 0 Å². The van der Waals surface area contributed by atoms with Gasteiger partial charge in [-0.15, -0.1) is 18.3 Å². The van der Waals surface area contributed by atoms with Crippen molar-refractivity contribution in [3.05, 3.63) is 12.7 Å². The Morgan fingerprint density at radius 3 is 2.56 bits per heavy atom. The summed E-state index contributed by atoms with van der Waals surface area (Å²) in [6.07, 6.45) is 1.51. The molecule has 0 radical (unpaired) electrons. The lowest BCUT2D eigenvalue weighted by Gasteiger charge is -1.92. The van der Waals surface area contributed by atoms with Gasteiger partial charge in [-0.2, -0.15) is 0 Å². The second kappa shape index (κ2) is 2.35. The number of ketones is 2. The van der Waals surface area contributed by atoms with Crippen molar-refractivity contribution < 1.29 is 9.59 Å². The summed E-state index contributed by atoms with van der Waals surface area (Å²) in [5.74, 6) is -0.241. The van der Waals surface area contributed by atoms with Gasteiger partial charge in [-0.1, -0.05) is 6.08 Å². The Bertz CT molecular complexity index is 174. The molecule has 0 amide bonds. The molecule has 0 saturated carbocycles. The van der Waals surface area contributed by atoms with Gasteiger partial charge in [-0.25, -0.2) is 0 Å². The van der Waals surface area contributed by atoms with Crippen LogP contribution in [0.15, 0.2) is 12.7 Å². The van der Waals surface area contributed by atoms with E-state index in [9.17, 15) is 9.59 Å². The van der Waals surface area contributed by atoms with Gasteiger partial charge in [0.05, 0.1) is 11.0 Å².